The highest BCUT2D eigenvalue weighted by atomic mass is 35.5. The second-order valence-corrected chi connectivity index (χ2v) is 3.02. The Morgan fingerprint density at radius 2 is 2.08 bits per heavy atom. The third-order valence-corrected chi connectivity index (χ3v) is 2.15. The normalized spacial score (nSPS) is 10.6. The van der Waals surface area contributed by atoms with E-state index < -0.39 is 5.82 Å². The van der Waals surface area contributed by atoms with Gasteiger partial charge in [-0.15, -0.1) is 0 Å². The summed E-state index contributed by atoms with van der Waals surface area (Å²) in [6.07, 6.45) is 1.50. The first-order valence-electron chi connectivity index (χ1n) is 3.68. The van der Waals surface area contributed by atoms with Crippen LogP contribution in [0.2, 0.25) is 5.15 Å². The molecule has 66 valence electrons. The second kappa shape index (κ2) is 2.85. The van der Waals surface area contributed by atoms with E-state index in [9.17, 15) is 4.39 Å². The first-order valence-corrected chi connectivity index (χ1v) is 4.06. The minimum Gasteiger partial charge on any atom is -0.398 e. The zero-order valence-electron chi connectivity index (χ0n) is 6.59. The third kappa shape index (κ3) is 1.21. The van der Waals surface area contributed by atoms with E-state index in [-0.39, 0.29) is 10.5 Å². The molecule has 0 fully saturated rings. The molecule has 2 rings (SSSR count). The molecule has 0 aliphatic rings. The monoisotopic (exact) mass is 196 g/mol. The zero-order chi connectivity index (χ0) is 9.42. The van der Waals surface area contributed by atoms with Gasteiger partial charge >= 0.3 is 0 Å². The van der Waals surface area contributed by atoms with E-state index in [4.69, 9.17) is 17.3 Å². The van der Waals surface area contributed by atoms with Gasteiger partial charge in [-0.2, -0.15) is 0 Å². The second-order valence-electron chi connectivity index (χ2n) is 2.66. The Balaban J connectivity index is 3.00. The van der Waals surface area contributed by atoms with E-state index in [0.717, 1.165) is 0 Å². The zero-order valence-corrected chi connectivity index (χ0v) is 7.35. The number of hydrogen-bond donors (Lipinski definition) is 1. The highest BCUT2D eigenvalue weighted by Gasteiger charge is 2.07. The first-order chi connectivity index (χ1) is 6.20. The summed E-state index contributed by atoms with van der Waals surface area (Å²) in [5.74, 6) is -0.401. The summed E-state index contributed by atoms with van der Waals surface area (Å²) in [6.45, 7) is 0. The molecule has 2 nitrogen and oxygen atoms in total. The van der Waals surface area contributed by atoms with Gasteiger partial charge in [0.2, 0.25) is 0 Å². The summed E-state index contributed by atoms with van der Waals surface area (Å²) in [4.78, 5) is 3.78. The van der Waals surface area contributed by atoms with Crippen molar-refractivity contribution in [2.45, 2.75) is 0 Å². The lowest BCUT2D eigenvalue weighted by Crippen LogP contribution is -1.90. The van der Waals surface area contributed by atoms with Crippen molar-refractivity contribution >= 4 is 28.1 Å². The molecule has 0 radical (unpaired) electrons. The average molecular weight is 197 g/mol. The molecule has 0 amide bonds. The smallest absolute Gasteiger partial charge is 0.139 e. The van der Waals surface area contributed by atoms with Gasteiger partial charge in [-0.25, -0.2) is 9.37 Å². The maximum atomic E-state index is 13.2. The quantitative estimate of drug-likeness (QED) is 0.520. The van der Waals surface area contributed by atoms with Crippen LogP contribution in [0.25, 0.3) is 10.8 Å². The van der Waals surface area contributed by atoms with Crippen molar-refractivity contribution in [3.05, 3.63) is 35.4 Å². The SMILES string of the molecule is Nc1ccc(F)c2c(Cl)nccc12. The number of pyridine rings is 1. The van der Waals surface area contributed by atoms with Gasteiger partial charge in [0, 0.05) is 17.3 Å². The Morgan fingerprint density at radius 3 is 2.77 bits per heavy atom. The van der Waals surface area contributed by atoms with Crippen molar-refractivity contribution in [2.24, 2.45) is 0 Å². The molecule has 0 aliphatic heterocycles. The number of benzene rings is 1. The van der Waals surface area contributed by atoms with Crippen molar-refractivity contribution in [3.63, 3.8) is 0 Å². The van der Waals surface area contributed by atoms with Gasteiger partial charge < -0.3 is 5.73 Å². The van der Waals surface area contributed by atoms with Gasteiger partial charge in [0.15, 0.2) is 0 Å². The molecule has 2 N–H and O–H groups in total. The van der Waals surface area contributed by atoms with Crippen LogP contribution in [0.15, 0.2) is 24.4 Å². The molecule has 4 heteroatoms. The van der Waals surface area contributed by atoms with E-state index in [1.165, 1.54) is 18.3 Å². The minimum atomic E-state index is -0.401. The van der Waals surface area contributed by atoms with E-state index in [2.05, 4.69) is 4.98 Å². The maximum Gasteiger partial charge on any atom is 0.139 e. The van der Waals surface area contributed by atoms with Crippen LogP contribution in [-0.2, 0) is 0 Å². The van der Waals surface area contributed by atoms with Crippen molar-refractivity contribution in [2.75, 3.05) is 5.73 Å². The lowest BCUT2D eigenvalue weighted by atomic mass is 10.1. The Bertz CT molecular complexity index is 462. The molecule has 1 heterocycles. The first kappa shape index (κ1) is 8.26. The number of anilines is 1. The van der Waals surface area contributed by atoms with Crippen molar-refractivity contribution < 1.29 is 4.39 Å². The molecule has 2 aromatic rings. The van der Waals surface area contributed by atoms with Crippen molar-refractivity contribution in [1.29, 1.82) is 0 Å². The molecular weight excluding hydrogens is 191 g/mol. The molecule has 0 saturated heterocycles. The lowest BCUT2D eigenvalue weighted by molar-refractivity contribution is 0.639. The number of hydrogen-bond acceptors (Lipinski definition) is 2. The third-order valence-electron chi connectivity index (χ3n) is 1.86. The topological polar surface area (TPSA) is 38.9 Å². The number of rotatable bonds is 0. The van der Waals surface area contributed by atoms with Crippen LogP contribution in [0, 0.1) is 5.82 Å². The predicted molar refractivity (Wildman–Crippen MR) is 51.1 cm³/mol. The molecule has 1 aromatic heterocycles. The van der Waals surface area contributed by atoms with Crippen LogP contribution < -0.4 is 5.73 Å². The standard InChI is InChI=1S/C9H6ClFN2/c10-9-8-5(3-4-13-9)7(12)2-1-6(8)11/h1-4H,12H2. The Kier molecular flexibility index (Phi) is 1.81. The van der Waals surface area contributed by atoms with Gasteiger partial charge in [0.25, 0.3) is 0 Å². The van der Waals surface area contributed by atoms with E-state index in [1.54, 1.807) is 6.07 Å². The lowest BCUT2D eigenvalue weighted by Gasteiger charge is -2.03. The molecule has 0 bridgehead atoms. The maximum absolute atomic E-state index is 13.2. The van der Waals surface area contributed by atoms with Gasteiger partial charge in [-0.1, -0.05) is 11.6 Å². The number of nitrogens with zero attached hydrogens (tertiary/aromatic N) is 1. The summed E-state index contributed by atoms with van der Waals surface area (Å²) in [5, 5.41) is 1.02. The Labute approximate surface area is 79.1 Å². The van der Waals surface area contributed by atoms with Crippen LogP contribution in [0.3, 0.4) is 0 Å². The molecule has 1 aromatic carbocycles. The number of nitrogens with two attached hydrogens (primary N) is 1. The summed E-state index contributed by atoms with van der Waals surface area (Å²) < 4.78 is 13.2. The summed E-state index contributed by atoms with van der Waals surface area (Å²) in [7, 11) is 0. The highest BCUT2D eigenvalue weighted by molar-refractivity contribution is 6.34. The van der Waals surface area contributed by atoms with E-state index in [0.29, 0.717) is 11.1 Å². The van der Waals surface area contributed by atoms with Crippen LogP contribution in [0.1, 0.15) is 0 Å². The largest absolute Gasteiger partial charge is 0.398 e. The van der Waals surface area contributed by atoms with Gasteiger partial charge in [0.1, 0.15) is 11.0 Å². The van der Waals surface area contributed by atoms with E-state index in [1.807, 2.05) is 0 Å². The molecule has 0 aliphatic carbocycles. The van der Waals surface area contributed by atoms with Crippen molar-refractivity contribution in [1.82, 2.24) is 4.98 Å². The van der Waals surface area contributed by atoms with Crippen molar-refractivity contribution in [3.8, 4) is 0 Å². The average Bonchev–Trinajstić information content (AvgIpc) is 2.12. The summed E-state index contributed by atoms with van der Waals surface area (Å²) >= 11 is 5.73. The van der Waals surface area contributed by atoms with Gasteiger partial charge in [-0.05, 0) is 18.2 Å². The fraction of sp³-hybridized carbons (Fsp3) is 0. The molecule has 0 atom stereocenters. The fourth-order valence-electron chi connectivity index (χ4n) is 1.24. The number of aromatic nitrogens is 1. The van der Waals surface area contributed by atoms with E-state index >= 15 is 0 Å². The van der Waals surface area contributed by atoms with Crippen LogP contribution in [-0.4, -0.2) is 4.98 Å². The van der Waals surface area contributed by atoms with Crippen LogP contribution in [0.4, 0.5) is 10.1 Å². The number of halogens is 2. The minimum absolute atomic E-state index is 0.141. The number of fused-ring (bicyclic) bond motifs is 1. The molecule has 0 saturated carbocycles. The summed E-state index contributed by atoms with van der Waals surface area (Å²) in [5.41, 5.74) is 6.14. The molecule has 0 unspecified atom stereocenters. The molecule has 0 spiro atoms. The molecular formula is C9H6ClFN2. The number of nitrogen functional groups attached to an aromatic ring is 1. The van der Waals surface area contributed by atoms with Gasteiger partial charge in [0.05, 0.1) is 5.39 Å². The van der Waals surface area contributed by atoms with Gasteiger partial charge in [-0.3, -0.25) is 0 Å². The van der Waals surface area contributed by atoms with Crippen LogP contribution in [0.5, 0.6) is 0 Å². The van der Waals surface area contributed by atoms with Crippen LogP contribution >= 0.6 is 11.6 Å². The molecule has 13 heavy (non-hydrogen) atoms. The Hall–Kier alpha value is -1.35. The fourth-order valence-corrected chi connectivity index (χ4v) is 1.49. The summed E-state index contributed by atoms with van der Waals surface area (Å²) in [6, 6.07) is 4.43. The Morgan fingerprint density at radius 1 is 1.31 bits per heavy atom. The predicted octanol–water partition coefficient (Wildman–Crippen LogP) is 2.61. The highest BCUT2D eigenvalue weighted by Crippen LogP contribution is 2.27.